The molecule has 0 atom stereocenters. The molecule has 0 aromatic heterocycles. The van der Waals surface area contributed by atoms with Gasteiger partial charge in [-0.05, 0) is 18.3 Å². The second kappa shape index (κ2) is 8.10. The van der Waals surface area contributed by atoms with Crippen LogP contribution in [0.5, 0.6) is 0 Å². The summed E-state index contributed by atoms with van der Waals surface area (Å²) < 4.78 is 0. The molecule has 0 amide bonds. The van der Waals surface area contributed by atoms with E-state index < -0.39 is 0 Å². The van der Waals surface area contributed by atoms with Crippen LogP contribution in [0.25, 0.3) is 0 Å². The smallest absolute Gasteiger partial charge is 0.0328 e. The molecule has 0 aromatic rings. The molecular weight excluding hydrogens is 132 g/mol. The van der Waals surface area contributed by atoms with Crippen LogP contribution >= 0.6 is 0 Å². The molecule has 11 heavy (non-hydrogen) atoms. The Kier molecular flexibility index (Phi) is 10.0. The average Bonchev–Trinajstić information content (AvgIpc) is 2.75. The van der Waals surface area contributed by atoms with Crippen molar-refractivity contribution in [2.45, 2.75) is 67.2 Å². The topological polar surface area (TPSA) is 0 Å². The molecule has 0 radical (unpaired) electrons. The highest BCUT2D eigenvalue weighted by Gasteiger charge is 2.34. The molecule has 0 nitrogen and oxygen atoms in total. The molecule has 0 aromatic carbocycles. The minimum absolute atomic E-state index is 0.792. The second-order valence-corrected chi connectivity index (χ2v) is 3.37. The molecule has 0 saturated heterocycles. The fraction of sp³-hybridized carbons (Fsp3) is 1.00. The quantitative estimate of drug-likeness (QED) is 0.521. The average molecular weight is 158 g/mol. The molecule has 0 N–H and O–H groups in total. The predicted molar refractivity (Wildman–Crippen MR) is 54.9 cm³/mol. The van der Waals surface area contributed by atoms with Gasteiger partial charge in [0.15, 0.2) is 0 Å². The van der Waals surface area contributed by atoms with E-state index in [0.29, 0.717) is 0 Å². The van der Waals surface area contributed by atoms with Crippen molar-refractivity contribution in [3.05, 3.63) is 0 Å². The predicted octanol–water partition coefficient (Wildman–Crippen LogP) is 4.64. The lowest BCUT2D eigenvalue weighted by atomic mass is 10.1. The summed E-state index contributed by atoms with van der Waals surface area (Å²) in [6.07, 6.45) is 5.58. The van der Waals surface area contributed by atoms with E-state index in [2.05, 4.69) is 27.7 Å². The third kappa shape index (κ3) is 10.0. The monoisotopic (exact) mass is 158 g/mol. The summed E-state index contributed by atoms with van der Waals surface area (Å²) in [5.74, 6) is 0. The van der Waals surface area contributed by atoms with E-state index >= 15 is 0 Å². The Morgan fingerprint density at radius 2 is 1.27 bits per heavy atom. The van der Waals surface area contributed by atoms with Gasteiger partial charge in [0.25, 0.3) is 0 Å². The molecule has 0 bridgehead atoms. The van der Waals surface area contributed by atoms with Crippen molar-refractivity contribution >= 4 is 0 Å². The summed E-state index contributed by atoms with van der Waals surface area (Å²) in [4.78, 5) is 0. The highest BCUT2D eigenvalue weighted by atomic mass is 14.4. The standard InChI is InChI=1S/C6H12.C3H8.C2H6/c1-3-6(2)4-5-6;1-3-2;1-2/h3-5H2,1-2H3;3H2,1-2H3;1-2H3. The molecule has 0 aliphatic heterocycles. The first-order valence-electron chi connectivity index (χ1n) is 5.18. The van der Waals surface area contributed by atoms with Gasteiger partial charge in [-0.3, -0.25) is 0 Å². The van der Waals surface area contributed by atoms with Crippen LogP contribution in [0.2, 0.25) is 0 Å². The molecule has 1 aliphatic rings. The van der Waals surface area contributed by atoms with Crippen LogP contribution in [-0.4, -0.2) is 0 Å². The third-order valence-electron chi connectivity index (χ3n) is 1.96. The third-order valence-corrected chi connectivity index (χ3v) is 1.96. The van der Waals surface area contributed by atoms with E-state index in [4.69, 9.17) is 0 Å². The highest BCUT2D eigenvalue weighted by molar-refractivity contribution is 4.86. The van der Waals surface area contributed by atoms with Crippen LogP contribution in [0, 0.1) is 5.41 Å². The zero-order chi connectivity index (χ0) is 9.33. The molecular formula is C11H26. The van der Waals surface area contributed by atoms with Crippen LogP contribution in [0.15, 0.2) is 0 Å². The molecule has 0 heterocycles. The molecule has 1 fully saturated rings. The minimum Gasteiger partial charge on any atom is -0.0683 e. The van der Waals surface area contributed by atoms with Crippen molar-refractivity contribution in [3.63, 3.8) is 0 Å². The SMILES string of the molecule is CC.CCC.CCC1(C)CC1. The van der Waals surface area contributed by atoms with Crippen LogP contribution in [0.3, 0.4) is 0 Å². The Labute approximate surface area is 73.4 Å². The maximum Gasteiger partial charge on any atom is -0.0328 e. The number of hydrogen-bond donors (Lipinski definition) is 0. The van der Waals surface area contributed by atoms with E-state index in [9.17, 15) is 0 Å². The summed E-state index contributed by atoms with van der Waals surface area (Å²) >= 11 is 0. The Hall–Kier alpha value is 0. The van der Waals surface area contributed by atoms with Gasteiger partial charge in [0.05, 0.1) is 0 Å². The molecule has 0 spiro atoms. The van der Waals surface area contributed by atoms with Gasteiger partial charge >= 0.3 is 0 Å². The number of rotatable bonds is 1. The molecule has 0 unspecified atom stereocenters. The molecule has 0 heteroatoms. The van der Waals surface area contributed by atoms with Crippen molar-refractivity contribution in [3.8, 4) is 0 Å². The van der Waals surface area contributed by atoms with Crippen LogP contribution < -0.4 is 0 Å². The summed E-state index contributed by atoms with van der Waals surface area (Å²) in [6.45, 7) is 12.9. The van der Waals surface area contributed by atoms with Crippen LogP contribution in [-0.2, 0) is 0 Å². The van der Waals surface area contributed by atoms with E-state index in [1.54, 1.807) is 0 Å². The largest absolute Gasteiger partial charge is 0.0683 e. The van der Waals surface area contributed by atoms with Gasteiger partial charge in [-0.15, -0.1) is 0 Å². The van der Waals surface area contributed by atoms with Crippen molar-refractivity contribution in [2.24, 2.45) is 5.41 Å². The Bertz CT molecular complexity index is 60.4. The second-order valence-electron chi connectivity index (χ2n) is 3.37. The maximum atomic E-state index is 2.35. The fourth-order valence-corrected chi connectivity index (χ4v) is 0.567. The summed E-state index contributed by atoms with van der Waals surface area (Å²) in [6, 6.07) is 0. The fourth-order valence-electron chi connectivity index (χ4n) is 0.567. The van der Waals surface area contributed by atoms with Gasteiger partial charge in [-0.2, -0.15) is 0 Å². The summed E-state index contributed by atoms with van der Waals surface area (Å²) in [5.41, 5.74) is 0.792. The van der Waals surface area contributed by atoms with Gasteiger partial charge in [0.1, 0.15) is 0 Å². The van der Waals surface area contributed by atoms with Crippen LogP contribution in [0.1, 0.15) is 67.2 Å². The van der Waals surface area contributed by atoms with Gasteiger partial charge in [0.2, 0.25) is 0 Å². The van der Waals surface area contributed by atoms with Gasteiger partial charge in [-0.25, -0.2) is 0 Å². The first-order chi connectivity index (χ1) is 5.18. The van der Waals surface area contributed by atoms with Crippen molar-refractivity contribution in [1.29, 1.82) is 0 Å². The van der Waals surface area contributed by atoms with Crippen molar-refractivity contribution in [2.75, 3.05) is 0 Å². The van der Waals surface area contributed by atoms with Gasteiger partial charge in [0, 0.05) is 0 Å². The van der Waals surface area contributed by atoms with Crippen molar-refractivity contribution in [1.82, 2.24) is 0 Å². The zero-order valence-corrected chi connectivity index (χ0v) is 9.33. The summed E-state index contributed by atoms with van der Waals surface area (Å²) in [7, 11) is 0. The molecule has 1 aliphatic carbocycles. The summed E-state index contributed by atoms with van der Waals surface area (Å²) in [5, 5.41) is 0. The highest BCUT2D eigenvalue weighted by Crippen LogP contribution is 2.47. The van der Waals surface area contributed by atoms with E-state index in [-0.39, 0.29) is 0 Å². The Morgan fingerprint density at radius 1 is 1.00 bits per heavy atom. The lowest BCUT2D eigenvalue weighted by molar-refractivity contribution is 0.551. The zero-order valence-electron chi connectivity index (χ0n) is 9.33. The van der Waals surface area contributed by atoms with Gasteiger partial charge < -0.3 is 0 Å². The first-order valence-corrected chi connectivity index (χ1v) is 5.18. The van der Waals surface area contributed by atoms with Gasteiger partial charge in [-0.1, -0.05) is 54.4 Å². The molecule has 70 valence electrons. The molecule has 1 rings (SSSR count). The Morgan fingerprint density at radius 3 is 1.27 bits per heavy atom. The first kappa shape index (κ1) is 13.6. The van der Waals surface area contributed by atoms with Crippen molar-refractivity contribution < 1.29 is 0 Å². The van der Waals surface area contributed by atoms with E-state index in [0.717, 1.165) is 5.41 Å². The van der Waals surface area contributed by atoms with E-state index in [1.165, 1.54) is 25.7 Å². The van der Waals surface area contributed by atoms with E-state index in [1.807, 2.05) is 13.8 Å². The minimum atomic E-state index is 0.792. The lowest BCUT2D eigenvalue weighted by Crippen LogP contribution is -1.84. The van der Waals surface area contributed by atoms with Crippen LogP contribution in [0.4, 0.5) is 0 Å². The normalized spacial score (nSPS) is 16.9. The molecule has 1 saturated carbocycles. The number of hydrogen-bond acceptors (Lipinski definition) is 0. The maximum absolute atomic E-state index is 2.35. The lowest BCUT2D eigenvalue weighted by Gasteiger charge is -1.96. The Balaban J connectivity index is 0.